The van der Waals surface area contributed by atoms with Gasteiger partial charge in [0.2, 0.25) is 0 Å². The van der Waals surface area contributed by atoms with Crippen LogP contribution in [0.4, 0.5) is 0 Å². The first kappa shape index (κ1) is 16.2. The summed E-state index contributed by atoms with van der Waals surface area (Å²) in [4.78, 5) is 24.0. The average Bonchev–Trinajstić information content (AvgIpc) is 2.87. The number of rotatable bonds is 5. The van der Waals surface area contributed by atoms with Crippen LogP contribution in [0.2, 0.25) is 0 Å². The molecule has 108 valence electrons. The van der Waals surface area contributed by atoms with E-state index in [2.05, 4.69) is 17.2 Å². The van der Waals surface area contributed by atoms with Gasteiger partial charge in [0.05, 0.1) is 13.2 Å². The van der Waals surface area contributed by atoms with Crippen LogP contribution in [-0.2, 0) is 9.53 Å². The van der Waals surface area contributed by atoms with Gasteiger partial charge in [-0.15, -0.1) is 11.3 Å². The van der Waals surface area contributed by atoms with E-state index >= 15 is 0 Å². The fourth-order valence-corrected chi connectivity index (χ4v) is 2.14. The first-order valence-corrected chi connectivity index (χ1v) is 7.12. The molecule has 0 aliphatic carbocycles. The molecule has 0 fully saturated rings. The summed E-state index contributed by atoms with van der Waals surface area (Å²) in [5.41, 5.74) is 0.594. The maximum Gasteiger partial charge on any atom is 0.328 e. The monoisotopic (exact) mass is 295 g/mol. The van der Waals surface area contributed by atoms with Crippen molar-refractivity contribution in [1.29, 1.82) is 0 Å². The van der Waals surface area contributed by atoms with Gasteiger partial charge in [0.15, 0.2) is 0 Å². The molecule has 0 spiro atoms. The number of carbonyl (C=O) groups is 2. The molecule has 1 aromatic heterocycles. The number of hydrogen-bond donors (Lipinski definition) is 2. The largest absolute Gasteiger partial charge is 0.464 e. The van der Waals surface area contributed by atoms with Crippen LogP contribution in [0.5, 0.6) is 0 Å². The number of ether oxygens (including phenoxy) is 1. The Morgan fingerprint density at radius 1 is 1.55 bits per heavy atom. The molecule has 2 N–H and O–H groups in total. The number of thiophene rings is 1. The lowest BCUT2D eigenvalue weighted by Crippen LogP contribution is -2.39. The third kappa shape index (κ3) is 4.68. The van der Waals surface area contributed by atoms with E-state index in [9.17, 15) is 9.59 Å². The molecule has 5 nitrogen and oxygen atoms in total. The molecular weight excluding hydrogens is 278 g/mol. The Labute approximate surface area is 122 Å². The summed E-state index contributed by atoms with van der Waals surface area (Å²) in [6.07, 6.45) is 0.357. The van der Waals surface area contributed by atoms with E-state index in [1.165, 1.54) is 11.3 Å². The highest BCUT2D eigenvalue weighted by Gasteiger charge is 2.19. The van der Waals surface area contributed by atoms with Gasteiger partial charge in [0, 0.05) is 12.0 Å². The van der Waals surface area contributed by atoms with Crippen molar-refractivity contribution in [2.24, 2.45) is 0 Å². The van der Waals surface area contributed by atoms with Crippen LogP contribution in [0.15, 0.2) is 11.4 Å². The van der Waals surface area contributed by atoms with E-state index in [1.54, 1.807) is 25.3 Å². The number of esters is 1. The lowest BCUT2D eigenvalue weighted by molar-refractivity contribution is -0.144. The van der Waals surface area contributed by atoms with E-state index in [0.29, 0.717) is 16.9 Å². The third-order valence-electron chi connectivity index (χ3n) is 2.32. The molecule has 1 heterocycles. The lowest BCUT2D eigenvalue weighted by atomic mass is 10.2. The van der Waals surface area contributed by atoms with Crippen molar-refractivity contribution in [1.82, 2.24) is 5.32 Å². The minimum atomic E-state index is -0.706. The summed E-state index contributed by atoms with van der Waals surface area (Å²) in [6, 6.07) is 1.03. The predicted octanol–water partition coefficient (Wildman–Crippen LogP) is 1.16. The quantitative estimate of drug-likeness (QED) is 0.631. The molecule has 1 aromatic rings. The summed E-state index contributed by atoms with van der Waals surface area (Å²) >= 11 is 1.25. The van der Waals surface area contributed by atoms with E-state index in [1.807, 2.05) is 0 Å². The van der Waals surface area contributed by atoms with Crippen molar-refractivity contribution in [3.8, 4) is 11.8 Å². The minimum Gasteiger partial charge on any atom is -0.464 e. The second-order valence-electron chi connectivity index (χ2n) is 3.89. The number of carbonyl (C=O) groups excluding carboxylic acids is 2. The zero-order valence-electron chi connectivity index (χ0n) is 11.4. The molecule has 0 aromatic carbocycles. The average molecular weight is 295 g/mol. The summed E-state index contributed by atoms with van der Waals surface area (Å²) in [6.45, 7) is 3.54. The van der Waals surface area contributed by atoms with Crippen LogP contribution >= 0.6 is 11.3 Å². The number of amides is 1. The van der Waals surface area contributed by atoms with Crippen molar-refractivity contribution >= 4 is 23.2 Å². The molecule has 0 bridgehead atoms. The molecule has 1 rings (SSSR count). The van der Waals surface area contributed by atoms with Crippen LogP contribution in [0, 0.1) is 11.8 Å². The summed E-state index contributed by atoms with van der Waals surface area (Å²) < 4.78 is 4.83. The van der Waals surface area contributed by atoms with Gasteiger partial charge in [-0.1, -0.05) is 11.8 Å². The summed E-state index contributed by atoms with van der Waals surface area (Å²) in [5, 5.41) is 13.0. The molecule has 20 heavy (non-hydrogen) atoms. The molecule has 1 amide bonds. The zero-order chi connectivity index (χ0) is 15.0. The Morgan fingerprint density at radius 2 is 2.30 bits per heavy atom. The maximum atomic E-state index is 12.1. The van der Waals surface area contributed by atoms with Crippen molar-refractivity contribution in [2.75, 3.05) is 13.2 Å². The predicted molar refractivity (Wildman–Crippen MR) is 76.5 cm³/mol. The Morgan fingerprint density at radius 3 is 2.95 bits per heavy atom. The maximum absolute atomic E-state index is 12.1. The van der Waals surface area contributed by atoms with Gasteiger partial charge in [-0.2, -0.15) is 0 Å². The van der Waals surface area contributed by atoms with Crippen LogP contribution in [0.1, 0.15) is 35.5 Å². The van der Waals surface area contributed by atoms with E-state index in [4.69, 9.17) is 9.84 Å². The molecule has 0 radical (unpaired) electrons. The van der Waals surface area contributed by atoms with Crippen molar-refractivity contribution < 1.29 is 19.4 Å². The Bertz CT molecular complexity index is 527. The van der Waals surface area contributed by atoms with Crippen molar-refractivity contribution in [2.45, 2.75) is 26.3 Å². The number of nitrogens with one attached hydrogen (secondary N) is 1. The molecule has 0 saturated heterocycles. The topological polar surface area (TPSA) is 75.6 Å². The number of hydrogen-bond acceptors (Lipinski definition) is 5. The molecule has 0 aliphatic rings. The normalized spacial score (nSPS) is 11.2. The van der Waals surface area contributed by atoms with Gasteiger partial charge >= 0.3 is 5.97 Å². The van der Waals surface area contributed by atoms with E-state index in [0.717, 1.165) is 0 Å². The van der Waals surface area contributed by atoms with Crippen LogP contribution in [0.25, 0.3) is 0 Å². The zero-order valence-corrected chi connectivity index (χ0v) is 12.3. The third-order valence-corrected chi connectivity index (χ3v) is 3.23. The minimum absolute atomic E-state index is 0.0153. The molecule has 0 aliphatic heterocycles. The Hall–Kier alpha value is -1.84. The highest BCUT2D eigenvalue weighted by Crippen LogP contribution is 2.16. The van der Waals surface area contributed by atoms with Gasteiger partial charge in [-0.05, 0) is 25.3 Å². The summed E-state index contributed by atoms with van der Waals surface area (Å²) in [7, 11) is 0. The lowest BCUT2D eigenvalue weighted by Gasteiger charge is -2.11. The Balaban J connectivity index is 2.72. The van der Waals surface area contributed by atoms with Gasteiger partial charge < -0.3 is 15.2 Å². The standard InChI is InChI=1S/C14H17NO4S/c1-3-19-14(18)10(2)15-13(17)12-11(7-9-20-12)6-4-5-8-16/h7,9-10,16H,3,5,8H2,1-2H3,(H,15,17). The van der Waals surface area contributed by atoms with Crippen LogP contribution in [0.3, 0.4) is 0 Å². The second-order valence-corrected chi connectivity index (χ2v) is 4.80. The highest BCUT2D eigenvalue weighted by molar-refractivity contribution is 7.12. The highest BCUT2D eigenvalue weighted by atomic mass is 32.1. The number of aliphatic hydroxyl groups excluding tert-OH is 1. The van der Waals surface area contributed by atoms with Crippen molar-refractivity contribution in [3.63, 3.8) is 0 Å². The van der Waals surface area contributed by atoms with Crippen LogP contribution in [-0.4, -0.2) is 36.2 Å². The van der Waals surface area contributed by atoms with Gasteiger partial charge in [0.1, 0.15) is 10.9 Å². The molecule has 6 heteroatoms. The smallest absolute Gasteiger partial charge is 0.328 e. The molecule has 0 saturated carbocycles. The van der Waals surface area contributed by atoms with E-state index in [-0.39, 0.29) is 19.1 Å². The fraction of sp³-hybridized carbons (Fsp3) is 0.429. The van der Waals surface area contributed by atoms with Gasteiger partial charge in [0.25, 0.3) is 5.91 Å². The summed E-state index contributed by atoms with van der Waals surface area (Å²) in [5.74, 6) is 4.77. The van der Waals surface area contributed by atoms with Gasteiger partial charge in [-0.25, -0.2) is 4.79 Å². The van der Waals surface area contributed by atoms with Crippen molar-refractivity contribution in [3.05, 3.63) is 21.9 Å². The van der Waals surface area contributed by atoms with E-state index < -0.39 is 12.0 Å². The molecule has 1 unspecified atom stereocenters. The first-order chi connectivity index (χ1) is 9.60. The molecule has 1 atom stereocenters. The van der Waals surface area contributed by atoms with Crippen LogP contribution < -0.4 is 5.32 Å². The fourth-order valence-electron chi connectivity index (χ4n) is 1.39. The SMILES string of the molecule is CCOC(=O)C(C)NC(=O)c1sccc1C#CCCO. The Kier molecular flexibility index (Phi) is 6.77. The first-order valence-electron chi connectivity index (χ1n) is 6.24. The number of aliphatic hydroxyl groups is 1. The second kappa shape index (κ2) is 8.35. The van der Waals surface area contributed by atoms with Gasteiger partial charge in [-0.3, -0.25) is 4.79 Å². The molecular formula is C14H17NO4S.